The maximum atomic E-state index is 0. The average molecular weight is 303 g/mol. The van der Waals surface area contributed by atoms with E-state index < -0.39 is 0 Å². The second-order valence-electron chi connectivity index (χ2n) is 0. The molecule has 0 nitrogen and oxygen atoms in total. The first kappa shape index (κ1) is 159. The molecular formula is B6IrNa2+2. The summed E-state index contributed by atoms with van der Waals surface area (Å²) in [7, 11) is 0. The normalized spacial score (nSPS) is 0. The van der Waals surface area contributed by atoms with Crippen molar-refractivity contribution in [3.63, 3.8) is 0 Å². The molecule has 0 aromatic rings. The van der Waals surface area contributed by atoms with E-state index in [1.54, 1.807) is 0 Å². The second kappa shape index (κ2) is 120. The van der Waals surface area contributed by atoms with Crippen LogP contribution in [0.4, 0.5) is 0 Å². The fourth-order valence-corrected chi connectivity index (χ4v) is 0. The molecule has 0 aliphatic carbocycles. The van der Waals surface area contributed by atoms with Gasteiger partial charge in [0.2, 0.25) is 0 Å². The molecule has 9 heteroatoms. The molecular weight excluding hydrogens is 303 g/mol. The second-order valence-corrected chi connectivity index (χ2v) is 0. The van der Waals surface area contributed by atoms with Crippen molar-refractivity contribution in [3.8, 4) is 0 Å². The van der Waals surface area contributed by atoms with Gasteiger partial charge in [0, 0.05) is 70.6 Å². The van der Waals surface area contributed by atoms with Crippen LogP contribution in [0.5, 0.6) is 0 Å². The third-order valence-corrected chi connectivity index (χ3v) is 0. The first-order chi connectivity index (χ1) is 0. The summed E-state index contributed by atoms with van der Waals surface area (Å²) in [6, 6.07) is 0. The Kier molecular flexibility index (Phi) is 2130. The van der Waals surface area contributed by atoms with Crippen molar-refractivity contribution < 1.29 is 79.2 Å². The molecule has 0 aliphatic heterocycles. The van der Waals surface area contributed by atoms with E-state index >= 15 is 0 Å². The monoisotopic (exact) mass is 305 g/mol. The van der Waals surface area contributed by atoms with Crippen LogP contribution in [0.25, 0.3) is 0 Å². The van der Waals surface area contributed by atoms with Gasteiger partial charge in [-0.25, -0.2) is 0 Å². The molecule has 27 valence electrons. The Labute approximate surface area is 128 Å². The van der Waals surface area contributed by atoms with Gasteiger partial charge in [-0.15, -0.1) is 0 Å². The van der Waals surface area contributed by atoms with Crippen LogP contribution in [0.1, 0.15) is 0 Å². The van der Waals surface area contributed by atoms with Crippen LogP contribution in [0.2, 0.25) is 0 Å². The van der Waals surface area contributed by atoms with E-state index in [9.17, 15) is 0 Å². The predicted molar refractivity (Wildman–Crippen MR) is 34.5 cm³/mol. The maximum Gasteiger partial charge on any atom is 1.00 e. The van der Waals surface area contributed by atoms with Crippen molar-refractivity contribution >= 4 is 50.5 Å². The quantitative estimate of drug-likeness (QED) is 0.390. The van der Waals surface area contributed by atoms with Gasteiger partial charge in [-0.1, -0.05) is 0 Å². The van der Waals surface area contributed by atoms with Crippen molar-refractivity contribution in [1.29, 1.82) is 0 Å². The Bertz CT molecular complexity index is 11.0. The summed E-state index contributed by atoms with van der Waals surface area (Å²) in [5.41, 5.74) is 0. The van der Waals surface area contributed by atoms with Gasteiger partial charge in [-0.2, -0.15) is 0 Å². The molecule has 0 atom stereocenters. The van der Waals surface area contributed by atoms with Crippen molar-refractivity contribution in [2.45, 2.75) is 0 Å². The smallest absolute Gasteiger partial charge is 0 e. The zero-order chi connectivity index (χ0) is 0. The number of hydrogen-bond acceptors (Lipinski definition) is 0. The first-order valence-corrected chi connectivity index (χ1v) is 0. The Balaban J connectivity index is 0. The Morgan fingerprint density at radius 1 is 0.333 bits per heavy atom. The summed E-state index contributed by atoms with van der Waals surface area (Å²) < 4.78 is 0. The Hall–Kier alpha value is 3.04. The molecule has 0 amide bonds. The molecule has 19 radical (unpaired) electrons. The molecule has 0 aliphatic rings. The summed E-state index contributed by atoms with van der Waals surface area (Å²) in [4.78, 5) is 0. The van der Waals surface area contributed by atoms with E-state index in [-0.39, 0.29) is 130 Å². The Morgan fingerprint density at radius 2 is 0.333 bits per heavy atom. The SMILES string of the molecule is [B].[B].[B].[B].[B].[B].[Ir].[Na+].[Na+]. The fraction of sp³-hybridized carbons (Fsp3) is 0. The molecule has 0 fully saturated rings. The fourth-order valence-electron chi connectivity index (χ4n) is 0. The molecule has 0 N–H and O–H groups in total. The van der Waals surface area contributed by atoms with Crippen LogP contribution in [0.15, 0.2) is 0 Å². The summed E-state index contributed by atoms with van der Waals surface area (Å²) in [6.45, 7) is 0. The number of hydrogen-bond donors (Lipinski definition) is 0. The molecule has 0 spiro atoms. The largest absolute Gasteiger partial charge is 1.00 e. The molecule has 0 heterocycles. The Morgan fingerprint density at radius 3 is 0.333 bits per heavy atom. The zero-order valence-corrected chi connectivity index (χ0v) is 12.2. The van der Waals surface area contributed by atoms with Gasteiger partial charge in [-0.3, -0.25) is 0 Å². The molecule has 0 saturated heterocycles. The summed E-state index contributed by atoms with van der Waals surface area (Å²) in [5, 5.41) is 0. The van der Waals surface area contributed by atoms with Crippen molar-refractivity contribution in [2.75, 3.05) is 0 Å². The zero-order valence-electron chi connectivity index (χ0n) is 5.80. The molecule has 0 aromatic carbocycles. The molecule has 0 bridgehead atoms. The van der Waals surface area contributed by atoms with Crippen LogP contribution < -0.4 is 59.1 Å². The van der Waals surface area contributed by atoms with Crippen molar-refractivity contribution in [1.82, 2.24) is 0 Å². The first-order valence-electron chi connectivity index (χ1n) is 0. The van der Waals surface area contributed by atoms with E-state index in [4.69, 9.17) is 0 Å². The minimum atomic E-state index is 0. The van der Waals surface area contributed by atoms with Gasteiger partial charge in [0.1, 0.15) is 0 Å². The van der Waals surface area contributed by atoms with Crippen LogP contribution in [-0.4, -0.2) is 50.5 Å². The van der Waals surface area contributed by atoms with Gasteiger partial charge in [0.05, 0.1) is 0 Å². The average Bonchev–Trinajstić information content (AvgIpc) is 0. The standard InChI is InChI=1S/6B.Ir.2Na/q;;;;;;;2*+1. The summed E-state index contributed by atoms with van der Waals surface area (Å²) >= 11 is 0. The summed E-state index contributed by atoms with van der Waals surface area (Å²) in [5.74, 6) is 0. The van der Waals surface area contributed by atoms with Gasteiger partial charge >= 0.3 is 59.1 Å². The van der Waals surface area contributed by atoms with Crippen molar-refractivity contribution in [3.05, 3.63) is 0 Å². The van der Waals surface area contributed by atoms with Crippen LogP contribution in [-0.2, 0) is 20.1 Å². The van der Waals surface area contributed by atoms with Gasteiger partial charge in [0.15, 0.2) is 0 Å². The van der Waals surface area contributed by atoms with E-state index in [1.807, 2.05) is 0 Å². The van der Waals surface area contributed by atoms with E-state index in [0.29, 0.717) is 0 Å². The van der Waals surface area contributed by atoms with E-state index in [1.165, 1.54) is 0 Å². The minimum Gasteiger partial charge on any atom is 0 e. The molecule has 0 unspecified atom stereocenters. The number of rotatable bonds is 0. The van der Waals surface area contributed by atoms with Crippen LogP contribution >= 0.6 is 0 Å². The van der Waals surface area contributed by atoms with E-state index in [0.717, 1.165) is 0 Å². The third-order valence-electron chi connectivity index (χ3n) is 0. The van der Waals surface area contributed by atoms with Crippen LogP contribution in [0.3, 0.4) is 0 Å². The molecule has 0 aromatic heterocycles. The van der Waals surface area contributed by atoms with E-state index in [2.05, 4.69) is 0 Å². The maximum absolute atomic E-state index is 0. The summed E-state index contributed by atoms with van der Waals surface area (Å²) in [6.07, 6.45) is 0. The predicted octanol–water partition coefficient (Wildman–Crippen LogP) is -8.28. The minimum absolute atomic E-state index is 0. The molecule has 0 rings (SSSR count). The molecule has 9 heavy (non-hydrogen) atoms. The molecule has 0 saturated carbocycles. The van der Waals surface area contributed by atoms with Gasteiger partial charge in [-0.05, 0) is 0 Å². The van der Waals surface area contributed by atoms with Gasteiger partial charge in [0.25, 0.3) is 0 Å². The van der Waals surface area contributed by atoms with Crippen molar-refractivity contribution in [2.24, 2.45) is 0 Å². The topological polar surface area (TPSA) is 0 Å². The van der Waals surface area contributed by atoms with Gasteiger partial charge < -0.3 is 0 Å². The van der Waals surface area contributed by atoms with Crippen LogP contribution in [0, 0.1) is 0 Å². The third kappa shape index (κ3) is 97.7.